The molecule has 0 aliphatic heterocycles. The van der Waals surface area contributed by atoms with Gasteiger partial charge in [-0.1, -0.05) is 41.4 Å². The van der Waals surface area contributed by atoms with Gasteiger partial charge in [-0.05, 0) is 29.8 Å². The molecule has 0 saturated carbocycles. The Bertz CT molecular complexity index is 1050. The highest BCUT2D eigenvalue weighted by Gasteiger charge is 2.08. The van der Waals surface area contributed by atoms with E-state index in [0.29, 0.717) is 28.8 Å². The van der Waals surface area contributed by atoms with Crippen molar-refractivity contribution in [2.24, 2.45) is 5.10 Å². The van der Waals surface area contributed by atoms with E-state index in [1.165, 1.54) is 6.20 Å². The van der Waals surface area contributed by atoms with Crippen molar-refractivity contribution in [3.05, 3.63) is 80.2 Å². The fraction of sp³-hybridized carbons (Fsp3) is 0.105. The Morgan fingerprint density at radius 3 is 2.82 bits per heavy atom. The molecule has 1 heterocycles. The summed E-state index contributed by atoms with van der Waals surface area (Å²) in [6, 6.07) is 12.8. The van der Waals surface area contributed by atoms with E-state index in [1.807, 2.05) is 24.3 Å². The van der Waals surface area contributed by atoms with E-state index < -0.39 is 5.56 Å². The van der Waals surface area contributed by atoms with Crippen LogP contribution in [-0.2, 0) is 6.61 Å². The van der Waals surface area contributed by atoms with E-state index in [2.05, 4.69) is 20.7 Å². The summed E-state index contributed by atoms with van der Waals surface area (Å²) >= 11 is 12.0. The highest BCUT2D eigenvalue weighted by atomic mass is 35.5. The van der Waals surface area contributed by atoms with Gasteiger partial charge in [0.1, 0.15) is 17.3 Å². The molecule has 0 unspecified atom stereocenters. The zero-order chi connectivity index (χ0) is 19.9. The van der Waals surface area contributed by atoms with Crippen molar-refractivity contribution in [2.75, 3.05) is 12.5 Å². The molecule has 28 heavy (non-hydrogen) atoms. The number of methoxy groups -OCH3 is 1. The Hall–Kier alpha value is -3.03. The summed E-state index contributed by atoms with van der Waals surface area (Å²) in [7, 11) is 1.56. The fourth-order valence-electron chi connectivity index (χ4n) is 2.30. The van der Waals surface area contributed by atoms with E-state index >= 15 is 0 Å². The zero-order valence-corrected chi connectivity index (χ0v) is 16.3. The lowest BCUT2D eigenvalue weighted by molar-refractivity contribution is 0.284. The molecule has 0 atom stereocenters. The van der Waals surface area contributed by atoms with Crippen LogP contribution in [0.3, 0.4) is 0 Å². The second kappa shape index (κ2) is 9.25. The first-order valence-corrected chi connectivity index (χ1v) is 8.90. The highest BCUT2D eigenvalue weighted by molar-refractivity contribution is 6.32. The van der Waals surface area contributed by atoms with E-state index in [0.717, 1.165) is 11.1 Å². The SMILES string of the molecule is COc1ccc(/C=N/Nc2cn[nH]c(=O)c2Cl)cc1OCc1ccccc1Cl. The third-order valence-corrected chi connectivity index (χ3v) is 4.47. The van der Waals surface area contributed by atoms with Crippen molar-refractivity contribution in [3.63, 3.8) is 0 Å². The number of rotatable bonds is 7. The topological polar surface area (TPSA) is 88.6 Å². The van der Waals surface area contributed by atoms with E-state index in [-0.39, 0.29) is 5.02 Å². The second-order valence-corrected chi connectivity index (χ2v) is 6.37. The number of halogens is 2. The lowest BCUT2D eigenvalue weighted by atomic mass is 10.2. The molecule has 0 fully saturated rings. The Morgan fingerprint density at radius 1 is 1.21 bits per heavy atom. The Balaban J connectivity index is 1.74. The summed E-state index contributed by atoms with van der Waals surface area (Å²) in [5.74, 6) is 1.13. The van der Waals surface area contributed by atoms with Crippen LogP contribution in [0.2, 0.25) is 10.0 Å². The molecule has 0 spiro atoms. The summed E-state index contributed by atoms with van der Waals surface area (Å²) in [4.78, 5) is 11.4. The predicted octanol–water partition coefficient (Wildman–Crippen LogP) is 4.11. The molecule has 0 saturated heterocycles. The maximum atomic E-state index is 11.4. The van der Waals surface area contributed by atoms with Crippen LogP contribution in [-0.4, -0.2) is 23.5 Å². The van der Waals surface area contributed by atoms with Gasteiger partial charge in [-0.3, -0.25) is 10.2 Å². The third-order valence-electron chi connectivity index (χ3n) is 3.72. The van der Waals surface area contributed by atoms with E-state index in [1.54, 1.807) is 31.5 Å². The molecule has 0 amide bonds. The van der Waals surface area contributed by atoms with E-state index in [4.69, 9.17) is 32.7 Å². The first-order valence-electron chi connectivity index (χ1n) is 8.15. The van der Waals surface area contributed by atoms with Gasteiger partial charge in [0.2, 0.25) is 0 Å². The molecular weight excluding hydrogens is 403 g/mol. The smallest absolute Gasteiger partial charge is 0.285 e. The second-order valence-electron chi connectivity index (χ2n) is 5.59. The number of hydrazone groups is 1. The summed E-state index contributed by atoms with van der Waals surface area (Å²) < 4.78 is 11.2. The minimum atomic E-state index is -0.499. The minimum Gasteiger partial charge on any atom is -0.493 e. The van der Waals surface area contributed by atoms with Gasteiger partial charge in [0.05, 0.1) is 19.5 Å². The molecule has 144 valence electrons. The minimum absolute atomic E-state index is 0.0226. The molecule has 2 N–H and O–H groups in total. The molecule has 7 nitrogen and oxygen atoms in total. The van der Waals surface area contributed by atoms with Crippen LogP contribution < -0.4 is 20.5 Å². The van der Waals surface area contributed by atoms with Crippen molar-refractivity contribution in [1.29, 1.82) is 0 Å². The zero-order valence-electron chi connectivity index (χ0n) is 14.8. The number of aromatic amines is 1. The summed E-state index contributed by atoms with van der Waals surface area (Å²) in [6.07, 6.45) is 2.92. The number of nitrogens with one attached hydrogen (secondary N) is 2. The molecule has 3 rings (SSSR count). The molecule has 0 radical (unpaired) electrons. The van der Waals surface area contributed by atoms with Gasteiger partial charge in [0, 0.05) is 10.6 Å². The molecule has 3 aromatic rings. The van der Waals surface area contributed by atoms with Crippen LogP contribution in [0.15, 0.2) is 58.6 Å². The number of aromatic nitrogens is 2. The predicted molar refractivity (Wildman–Crippen MR) is 110 cm³/mol. The van der Waals surface area contributed by atoms with Gasteiger partial charge in [-0.15, -0.1) is 0 Å². The number of benzene rings is 2. The van der Waals surface area contributed by atoms with Gasteiger partial charge in [-0.25, -0.2) is 5.10 Å². The first-order chi connectivity index (χ1) is 13.6. The van der Waals surface area contributed by atoms with Crippen molar-refractivity contribution in [1.82, 2.24) is 10.2 Å². The van der Waals surface area contributed by atoms with Crippen LogP contribution in [0.25, 0.3) is 0 Å². The lowest BCUT2D eigenvalue weighted by Gasteiger charge is -2.12. The monoisotopic (exact) mass is 418 g/mol. The fourth-order valence-corrected chi connectivity index (χ4v) is 2.62. The normalized spacial score (nSPS) is 10.8. The average molecular weight is 419 g/mol. The van der Waals surface area contributed by atoms with E-state index in [9.17, 15) is 4.79 Å². The summed E-state index contributed by atoms with van der Waals surface area (Å²) in [6.45, 7) is 0.295. The standard InChI is InChI=1S/C19H16Cl2N4O3/c1-27-16-7-6-12(9-22-24-15-10-23-25-19(26)18(15)21)8-17(16)28-11-13-4-2-3-5-14(13)20/h2-10H,11H2,1H3,(H2,24,25,26)/b22-9+. The Labute approximate surface area is 170 Å². The Morgan fingerprint density at radius 2 is 2.04 bits per heavy atom. The average Bonchev–Trinajstić information content (AvgIpc) is 2.70. The van der Waals surface area contributed by atoms with Gasteiger partial charge < -0.3 is 9.47 Å². The largest absolute Gasteiger partial charge is 0.493 e. The molecule has 0 aliphatic rings. The number of hydrogen-bond acceptors (Lipinski definition) is 6. The molecule has 0 aliphatic carbocycles. The van der Waals surface area contributed by atoms with Crippen LogP contribution in [0, 0.1) is 0 Å². The van der Waals surface area contributed by atoms with Crippen LogP contribution >= 0.6 is 23.2 Å². The molecule has 9 heteroatoms. The van der Waals surface area contributed by atoms with Crippen LogP contribution in [0.5, 0.6) is 11.5 Å². The number of nitrogens with zero attached hydrogens (tertiary/aromatic N) is 2. The van der Waals surface area contributed by atoms with Gasteiger partial charge in [0.25, 0.3) is 5.56 Å². The quantitative estimate of drug-likeness (QED) is 0.445. The summed E-state index contributed by atoms with van der Waals surface area (Å²) in [5, 5.41) is 10.6. The van der Waals surface area contributed by atoms with Crippen molar-refractivity contribution < 1.29 is 9.47 Å². The molecular formula is C19H16Cl2N4O3. The molecule has 0 bridgehead atoms. The summed E-state index contributed by atoms with van der Waals surface area (Å²) in [5.41, 5.74) is 4.09. The van der Waals surface area contributed by atoms with Crippen molar-refractivity contribution in [3.8, 4) is 11.5 Å². The number of ether oxygens (including phenoxy) is 2. The third kappa shape index (κ3) is 4.82. The van der Waals surface area contributed by atoms with Crippen molar-refractivity contribution in [2.45, 2.75) is 6.61 Å². The molecule has 1 aromatic heterocycles. The Kier molecular flexibility index (Phi) is 6.52. The first kappa shape index (κ1) is 19.7. The maximum absolute atomic E-state index is 11.4. The number of anilines is 1. The van der Waals surface area contributed by atoms with Gasteiger partial charge >= 0.3 is 0 Å². The number of hydrogen-bond donors (Lipinski definition) is 2. The van der Waals surface area contributed by atoms with Crippen molar-refractivity contribution >= 4 is 35.1 Å². The van der Waals surface area contributed by atoms with Crippen LogP contribution in [0.1, 0.15) is 11.1 Å². The van der Waals surface area contributed by atoms with Crippen LogP contribution in [0.4, 0.5) is 5.69 Å². The van der Waals surface area contributed by atoms with Gasteiger partial charge in [-0.2, -0.15) is 10.2 Å². The highest BCUT2D eigenvalue weighted by Crippen LogP contribution is 2.29. The number of H-pyrrole nitrogens is 1. The van der Waals surface area contributed by atoms with Gasteiger partial charge in [0.15, 0.2) is 11.5 Å². The lowest BCUT2D eigenvalue weighted by Crippen LogP contribution is -2.10. The molecule has 2 aromatic carbocycles. The maximum Gasteiger partial charge on any atom is 0.285 e.